The Morgan fingerprint density at radius 1 is 0.850 bits per heavy atom. The zero-order valence-corrected chi connectivity index (χ0v) is 14.5. The maximum Gasteiger partial charge on any atom is 0.0526 e. The molecule has 20 heavy (non-hydrogen) atoms. The van der Waals surface area contributed by atoms with E-state index >= 15 is 0 Å². The van der Waals surface area contributed by atoms with Crippen LogP contribution in [0.3, 0.4) is 0 Å². The van der Waals surface area contributed by atoms with E-state index in [1.165, 1.54) is 25.7 Å². The molecule has 0 aliphatic heterocycles. The van der Waals surface area contributed by atoms with Crippen molar-refractivity contribution in [2.75, 3.05) is 13.1 Å². The van der Waals surface area contributed by atoms with E-state index < -0.39 is 0 Å². The van der Waals surface area contributed by atoms with Gasteiger partial charge in [-0.25, -0.2) is 0 Å². The lowest BCUT2D eigenvalue weighted by Gasteiger charge is -2.25. The molecule has 0 aromatic carbocycles. The summed E-state index contributed by atoms with van der Waals surface area (Å²) in [5.41, 5.74) is 22.5. The molecule has 0 fully saturated rings. The van der Waals surface area contributed by atoms with Crippen molar-refractivity contribution in [2.24, 2.45) is 33.8 Å². The topological polar surface area (TPSA) is 104 Å². The second-order valence-electron chi connectivity index (χ2n) is 7.40. The first-order valence-corrected chi connectivity index (χ1v) is 8.01. The van der Waals surface area contributed by atoms with Crippen LogP contribution < -0.4 is 22.9 Å². The van der Waals surface area contributed by atoms with Gasteiger partial charge in [-0.05, 0) is 49.6 Å². The van der Waals surface area contributed by atoms with Crippen LogP contribution in [0.1, 0.15) is 73.1 Å². The predicted molar refractivity (Wildman–Crippen MR) is 91.2 cm³/mol. The molecule has 0 aliphatic rings. The van der Waals surface area contributed by atoms with Crippen molar-refractivity contribution in [3.8, 4) is 0 Å². The quantitative estimate of drug-likeness (QED) is 0.386. The summed E-state index contributed by atoms with van der Waals surface area (Å²) < 4.78 is 0. The standard InChI is InChI=1S/2C8H20N2/c1-8(2,7-10)5-3-4-6-9;1-4-5-8(2,3)6-7(9)10/h3-7,9-10H2,1-2H3;7H,4-6,9-10H2,1-3H3. The van der Waals surface area contributed by atoms with Gasteiger partial charge in [0.1, 0.15) is 0 Å². The molecule has 4 nitrogen and oxygen atoms in total. The molecule has 0 atom stereocenters. The average molecular weight is 289 g/mol. The van der Waals surface area contributed by atoms with Gasteiger partial charge in [-0.2, -0.15) is 0 Å². The lowest BCUT2D eigenvalue weighted by Crippen LogP contribution is -2.35. The fourth-order valence-corrected chi connectivity index (χ4v) is 2.27. The van der Waals surface area contributed by atoms with Crippen LogP contribution in [0, 0.1) is 10.8 Å². The molecule has 0 rings (SSSR count). The molecule has 0 spiro atoms. The number of hydrogen-bond acceptors (Lipinski definition) is 4. The molecule has 0 aliphatic carbocycles. The molecule has 0 amide bonds. The molecular weight excluding hydrogens is 248 g/mol. The number of nitrogens with two attached hydrogens (primary N) is 4. The Morgan fingerprint density at radius 3 is 1.75 bits per heavy atom. The normalized spacial score (nSPS) is 12.3. The van der Waals surface area contributed by atoms with Gasteiger partial charge in [-0.3, -0.25) is 0 Å². The van der Waals surface area contributed by atoms with E-state index in [2.05, 4.69) is 34.6 Å². The lowest BCUT2D eigenvalue weighted by molar-refractivity contribution is 0.280. The third-order valence-corrected chi connectivity index (χ3v) is 3.58. The lowest BCUT2D eigenvalue weighted by atomic mass is 9.84. The summed E-state index contributed by atoms with van der Waals surface area (Å²) >= 11 is 0. The second-order valence-corrected chi connectivity index (χ2v) is 7.40. The van der Waals surface area contributed by atoms with E-state index in [1.807, 2.05) is 0 Å². The highest BCUT2D eigenvalue weighted by Crippen LogP contribution is 2.26. The van der Waals surface area contributed by atoms with Crippen LogP contribution >= 0.6 is 0 Å². The maximum absolute atomic E-state index is 5.56. The van der Waals surface area contributed by atoms with Gasteiger partial charge in [-0.1, -0.05) is 47.5 Å². The van der Waals surface area contributed by atoms with Crippen LogP contribution in [0.25, 0.3) is 0 Å². The summed E-state index contributed by atoms with van der Waals surface area (Å²) in [5, 5.41) is 0. The Labute approximate surface area is 127 Å². The van der Waals surface area contributed by atoms with Gasteiger partial charge < -0.3 is 22.9 Å². The fraction of sp³-hybridized carbons (Fsp3) is 1.00. The van der Waals surface area contributed by atoms with E-state index in [4.69, 9.17) is 22.9 Å². The second kappa shape index (κ2) is 11.5. The monoisotopic (exact) mass is 288 g/mol. The van der Waals surface area contributed by atoms with Crippen LogP contribution in [-0.4, -0.2) is 19.3 Å². The summed E-state index contributed by atoms with van der Waals surface area (Å²) in [5.74, 6) is 0. The highest BCUT2D eigenvalue weighted by atomic mass is 14.8. The Hall–Kier alpha value is -0.160. The molecule has 0 unspecified atom stereocenters. The van der Waals surface area contributed by atoms with E-state index in [0.29, 0.717) is 10.8 Å². The number of unbranched alkanes of at least 4 members (excludes halogenated alkanes) is 1. The van der Waals surface area contributed by atoms with Crippen molar-refractivity contribution in [2.45, 2.75) is 79.3 Å². The van der Waals surface area contributed by atoms with Crippen LogP contribution in [0.5, 0.6) is 0 Å². The van der Waals surface area contributed by atoms with Crippen molar-refractivity contribution < 1.29 is 0 Å². The van der Waals surface area contributed by atoms with Gasteiger partial charge in [0, 0.05) is 0 Å². The maximum atomic E-state index is 5.56. The minimum atomic E-state index is -0.151. The highest BCUT2D eigenvalue weighted by Gasteiger charge is 2.18. The van der Waals surface area contributed by atoms with E-state index in [1.54, 1.807) is 0 Å². The zero-order chi connectivity index (χ0) is 16.2. The minimum Gasteiger partial charge on any atom is -0.330 e. The molecule has 8 N–H and O–H groups in total. The van der Waals surface area contributed by atoms with Crippen LogP contribution in [0.2, 0.25) is 0 Å². The summed E-state index contributed by atoms with van der Waals surface area (Å²) in [4.78, 5) is 0. The predicted octanol–water partition coefficient (Wildman–Crippen LogP) is 2.55. The highest BCUT2D eigenvalue weighted by molar-refractivity contribution is 4.71. The van der Waals surface area contributed by atoms with Crippen molar-refractivity contribution in [1.82, 2.24) is 0 Å². The first-order valence-electron chi connectivity index (χ1n) is 8.01. The van der Waals surface area contributed by atoms with Gasteiger partial charge in [0.05, 0.1) is 6.17 Å². The first-order chi connectivity index (χ1) is 9.10. The van der Waals surface area contributed by atoms with Gasteiger partial charge in [-0.15, -0.1) is 0 Å². The Bertz CT molecular complexity index is 213. The summed E-state index contributed by atoms with van der Waals surface area (Å²) in [7, 11) is 0. The van der Waals surface area contributed by atoms with Crippen LogP contribution in [0.15, 0.2) is 0 Å². The van der Waals surface area contributed by atoms with Crippen molar-refractivity contribution >= 4 is 0 Å². The Balaban J connectivity index is 0. The van der Waals surface area contributed by atoms with Crippen molar-refractivity contribution in [3.63, 3.8) is 0 Å². The van der Waals surface area contributed by atoms with Gasteiger partial charge >= 0.3 is 0 Å². The van der Waals surface area contributed by atoms with Gasteiger partial charge in [0.25, 0.3) is 0 Å². The molecule has 0 bridgehead atoms. The average Bonchev–Trinajstić information content (AvgIpc) is 2.28. The van der Waals surface area contributed by atoms with Crippen LogP contribution in [0.4, 0.5) is 0 Å². The molecule has 0 saturated carbocycles. The Morgan fingerprint density at radius 2 is 1.40 bits per heavy atom. The molecule has 4 heteroatoms. The SMILES string of the molecule is CC(C)(CN)CCCCN.CCCC(C)(C)CC(N)N. The van der Waals surface area contributed by atoms with E-state index in [-0.39, 0.29) is 6.17 Å². The largest absolute Gasteiger partial charge is 0.330 e. The Kier molecular flexibility index (Phi) is 12.7. The molecule has 0 heterocycles. The fourth-order valence-electron chi connectivity index (χ4n) is 2.27. The summed E-state index contributed by atoms with van der Waals surface area (Å²) in [6, 6.07) is 0. The molecule has 124 valence electrons. The number of hydrogen-bond donors (Lipinski definition) is 4. The van der Waals surface area contributed by atoms with Crippen molar-refractivity contribution in [1.29, 1.82) is 0 Å². The van der Waals surface area contributed by atoms with E-state index in [0.717, 1.165) is 25.9 Å². The molecule has 0 aromatic rings. The van der Waals surface area contributed by atoms with Crippen LogP contribution in [-0.2, 0) is 0 Å². The van der Waals surface area contributed by atoms with Gasteiger partial charge in [0.15, 0.2) is 0 Å². The molecule has 0 radical (unpaired) electrons. The minimum absolute atomic E-state index is 0.151. The van der Waals surface area contributed by atoms with Crippen molar-refractivity contribution in [3.05, 3.63) is 0 Å². The first kappa shape index (κ1) is 22.1. The third-order valence-electron chi connectivity index (χ3n) is 3.58. The summed E-state index contributed by atoms with van der Waals surface area (Å²) in [6.07, 6.45) is 6.71. The number of rotatable bonds is 9. The zero-order valence-electron chi connectivity index (χ0n) is 14.5. The smallest absolute Gasteiger partial charge is 0.0526 e. The third kappa shape index (κ3) is 15.9. The summed E-state index contributed by atoms with van der Waals surface area (Å²) in [6.45, 7) is 12.6. The van der Waals surface area contributed by atoms with E-state index in [9.17, 15) is 0 Å². The molecule has 0 aromatic heterocycles. The van der Waals surface area contributed by atoms with Gasteiger partial charge in [0.2, 0.25) is 0 Å². The molecule has 0 saturated heterocycles. The molecular formula is C16H40N4.